The maximum atomic E-state index is 10.9. The van der Waals surface area contributed by atoms with Crippen molar-refractivity contribution >= 4 is 18.4 Å². The van der Waals surface area contributed by atoms with E-state index in [1.165, 1.54) is 18.5 Å². The molecule has 1 N–H and O–H groups in total. The minimum atomic E-state index is -1.06. The zero-order valence-corrected chi connectivity index (χ0v) is 9.55. The van der Waals surface area contributed by atoms with Gasteiger partial charge in [0.05, 0.1) is 0 Å². The second-order valence-electron chi connectivity index (χ2n) is 3.09. The van der Waals surface area contributed by atoms with Gasteiger partial charge >= 0.3 is 5.97 Å². The Morgan fingerprint density at radius 3 is 2.53 bits per heavy atom. The summed E-state index contributed by atoms with van der Waals surface area (Å²) in [6, 6.07) is 10.5. The Labute approximate surface area is 104 Å². The van der Waals surface area contributed by atoms with E-state index in [1.807, 2.05) is 18.2 Å². The lowest BCUT2D eigenvalue weighted by Gasteiger charge is -2.07. The van der Waals surface area contributed by atoms with Crippen LogP contribution in [0.2, 0.25) is 0 Å². The van der Waals surface area contributed by atoms with Gasteiger partial charge in [-0.15, -0.1) is 12.4 Å². The topological polar surface area (TPSA) is 59.4 Å². The fourth-order valence-corrected chi connectivity index (χ4v) is 1.25. The van der Waals surface area contributed by atoms with Crippen LogP contribution in [0.1, 0.15) is 10.4 Å². The van der Waals surface area contributed by atoms with Crippen molar-refractivity contribution in [2.45, 2.75) is 0 Å². The molecule has 0 amide bonds. The molecule has 0 aliphatic heterocycles. The molecule has 0 spiro atoms. The molecular formula is C12H10ClNO3. The highest BCUT2D eigenvalue weighted by atomic mass is 35.5. The second-order valence-corrected chi connectivity index (χ2v) is 3.09. The molecule has 0 bridgehead atoms. The zero-order chi connectivity index (χ0) is 11.4. The lowest BCUT2D eigenvalue weighted by molar-refractivity contribution is 0.0693. The number of rotatable bonds is 3. The Kier molecular flexibility index (Phi) is 4.48. The lowest BCUT2D eigenvalue weighted by Crippen LogP contribution is -2.00. The van der Waals surface area contributed by atoms with Crippen LogP contribution in [0.5, 0.6) is 11.5 Å². The Hall–Kier alpha value is -2.07. The van der Waals surface area contributed by atoms with Gasteiger partial charge < -0.3 is 9.84 Å². The quantitative estimate of drug-likeness (QED) is 0.911. The van der Waals surface area contributed by atoms with Gasteiger partial charge in [0.25, 0.3) is 0 Å². The molecule has 17 heavy (non-hydrogen) atoms. The predicted octanol–water partition coefficient (Wildman–Crippen LogP) is 2.99. The van der Waals surface area contributed by atoms with Gasteiger partial charge in [-0.25, -0.2) is 4.79 Å². The van der Waals surface area contributed by atoms with Crippen LogP contribution >= 0.6 is 12.4 Å². The van der Waals surface area contributed by atoms with E-state index in [0.29, 0.717) is 5.75 Å². The number of hydrogen-bond donors (Lipinski definition) is 1. The van der Waals surface area contributed by atoms with Crippen LogP contribution < -0.4 is 4.74 Å². The van der Waals surface area contributed by atoms with Gasteiger partial charge in [-0.1, -0.05) is 18.2 Å². The van der Waals surface area contributed by atoms with Crippen LogP contribution in [-0.2, 0) is 0 Å². The Bertz CT molecular complexity index is 502. The van der Waals surface area contributed by atoms with E-state index in [0.717, 1.165) is 0 Å². The van der Waals surface area contributed by atoms with Gasteiger partial charge in [0, 0.05) is 18.5 Å². The van der Waals surface area contributed by atoms with Gasteiger partial charge in [-0.2, -0.15) is 0 Å². The minimum absolute atomic E-state index is 0. The molecule has 4 nitrogen and oxygen atoms in total. The molecule has 0 aliphatic carbocycles. The molecule has 1 aromatic heterocycles. The maximum absolute atomic E-state index is 10.9. The van der Waals surface area contributed by atoms with Crippen molar-refractivity contribution in [1.29, 1.82) is 0 Å². The Morgan fingerprint density at radius 2 is 1.88 bits per heavy atom. The maximum Gasteiger partial charge on any atom is 0.341 e. The van der Waals surface area contributed by atoms with E-state index in [2.05, 4.69) is 4.98 Å². The number of ether oxygens (including phenoxy) is 1. The standard InChI is InChI=1S/C12H9NO3.ClH/c14-12(15)10-8-13-7-6-11(10)16-9-4-2-1-3-5-9;/h1-8H,(H,14,15);1H. The van der Waals surface area contributed by atoms with Gasteiger partial charge in [-0.3, -0.25) is 4.98 Å². The normalized spacial score (nSPS) is 9.18. The predicted molar refractivity (Wildman–Crippen MR) is 65.0 cm³/mol. The second kappa shape index (κ2) is 5.86. The van der Waals surface area contributed by atoms with Crippen molar-refractivity contribution in [3.8, 4) is 11.5 Å². The first-order valence-electron chi connectivity index (χ1n) is 4.67. The number of carbonyl (C=O) groups is 1. The summed E-state index contributed by atoms with van der Waals surface area (Å²) in [6.07, 6.45) is 2.76. The first-order valence-corrected chi connectivity index (χ1v) is 4.67. The highest BCUT2D eigenvalue weighted by molar-refractivity contribution is 5.90. The number of hydrogen-bond acceptors (Lipinski definition) is 3. The molecule has 0 saturated carbocycles. The van der Waals surface area contributed by atoms with Gasteiger partial charge in [0.1, 0.15) is 17.1 Å². The lowest BCUT2D eigenvalue weighted by atomic mass is 10.2. The van der Waals surface area contributed by atoms with Crippen LogP contribution in [0.4, 0.5) is 0 Å². The van der Waals surface area contributed by atoms with Crippen LogP contribution in [0.3, 0.4) is 0 Å². The molecule has 0 radical (unpaired) electrons. The van der Waals surface area contributed by atoms with Crippen LogP contribution in [0, 0.1) is 0 Å². The fraction of sp³-hybridized carbons (Fsp3) is 0. The van der Waals surface area contributed by atoms with E-state index in [-0.39, 0.29) is 23.7 Å². The molecule has 0 fully saturated rings. The van der Waals surface area contributed by atoms with Crippen molar-refractivity contribution in [2.75, 3.05) is 0 Å². The summed E-state index contributed by atoms with van der Waals surface area (Å²) in [4.78, 5) is 14.6. The van der Waals surface area contributed by atoms with Gasteiger partial charge in [0.15, 0.2) is 0 Å². The summed E-state index contributed by atoms with van der Waals surface area (Å²) in [5, 5.41) is 8.92. The smallest absolute Gasteiger partial charge is 0.341 e. The first kappa shape index (κ1) is 13.0. The third kappa shape index (κ3) is 3.19. The molecular weight excluding hydrogens is 242 g/mol. The first-order chi connectivity index (χ1) is 7.77. The number of nitrogens with zero attached hydrogens (tertiary/aromatic N) is 1. The summed E-state index contributed by atoms with van der Waals surface area (Å²) in [7, 11) is 0. The fourth-order valence-electron chi connectivity index (χ4n) is 1.25. The molecule has 88 valence electrons. The number of para-hydroxylation sites is 1. The van der Waals surface area contributed by atoms with Crippen molar-refractivity contribution in [3.05, 3.63) is 54.4 Å². The average molecular weight is 252 g/mol. The van der Waals surface area contributed by atoms with Crippen molar-refractivity contribution < 1.29 is 14.6 Å². The molecule has 1 aromatic carbocycles. The number of carboxylic acids is 1. The summed E-state index contributed by atoms with van der Waals surface area (Å²) in [5.74, 6) is -0.177. The van der Waals surface area contributed by atoms with Crippen LogP contribution in [0.25, 0.3) is 0 Å². The number of carboxylic acid groups (broad SMARTS) is 1. The van der Waals surface area contributed by atoms with Gasteiger partial charge in [0.2, 0.25) is 0 Å². The zero-order valence-electron chi connectivity index (χ0n) is 8.74. The number of pyridine rings is 1. The molecule has 5 heteroatoms. The number of benzene rings is 1. The molecule has 1 heterocycles. The van der Waals surface area contributed by atoms with Crippen molar-refractivity contribution in [2.24, 2.45) is 0 Å². The molecule has 2 rings (SSSR count). The Morgan fingerprint density at radius 1 is 1.18 bits per heavy atom. The van der Waals surface area contributed by atoms with E-state index < -0.39 is 5.97 Å². The summed E-state index contributed by atoms with van der Waals surface area (Å²) in [6.45, 7) is 0. The number of aromatic carboxylic acids is 1. The minimum Gasteiger partial charge on any atom is -0.477 e. The molecule has 0 atom stereocenters. The largest absolute Gasteiger partial charge is 0.477 e. The molecule has 0 saturated heterocycles. The molecule has 0 unspecified atom stereocenters. The average Bonchev–Trinajstić information content (AvgIpc) is 2.31. The molecule has 2 aromatic rings. The van der Waals surface area contributed by atoms with E-state index in [4.69, 9.17) is 9.84 Å². The SMILES string of the molecule is Cl.O=C(O)c1cnccc1Oc1ccccc1. The summed E-state index contributed by atoms with van der Waals surface area (Å²) in [5.41, 5.74) is 0.0475. The highest BCUT2D eigenvalue weighted by Gasteiger charge is 2.11. The van der Waals surface area contributed by atoms with Crippen LogP contribution in [0.15, 0.2) is 48.8 Å². The van der Waals surface area contributed by atoms with Crippen molar-refractivity contribution in [3.63, 3.8) is 0 Å². The molecule has 0 aliphatic rings. The highest BCUT2D eigenvalue weighted by Crippen LogP contribution is 2.23. The van der Waals surface area contributed by atoms with E-state index in [9.17, 15) is 4.79 Å². The van der Waals surface area contributed by atoms with E-state index in [1.54, 1.807) is 12.1 Å². The number of halogens is 1. The summed E-state index contributed by atoms with van der Waals surface area (Å²) >= 11 is 0. The van der Waals surface area contributed by atoms with Crippen molar-refractivity contribution in [1.82, 2.24) is 4.98 Å². The Balaban J connectivity index is 0.00000144. The monoisotopic (exact) mass is 251 g/mol. The van der Waals surface area contributed by atoms with Crippen LogP contribution in [-0.4, -0.2) is 16.1 Å². The third-order valence-electron chi connectivity index (χ3n) is 1.98. The van der Waals surface area contributed by atoms with Gasteiger partial charge in [-0.05, 0) is 12.1 Å². The summed E-state index contributed by atoms with van der Waals surface area (Å²) < 4.78 is 5.45. The number of aromatic nitrogens is 1. The third-order valence-corrected chi connectivity index (χ3v) is 1.98. The van der Waals surface area contributed by atoms with E-state index >= 15 is 0 Å².